The second-order valence-electron chi connectivity index (χ2n) is 4.48. The molecule has 0 unspecified atom stereocenters. The van der Waals surface area contributed by atoms with Gasteiger partial charge in [0.25, 0.3) is 0 Å². The van der Waals surface area contributed by atoms with Crippen molar-refractivity contribution in [2.45, 2.75) is 12.5 Å². The van der Waals surface area contributed by atoms with E-state index >= 15 is 0 Å². The summed E-state index contributed by atoms with van der Waals surface area (Å²) in [6.07, 6.45) is -0.428. The highest BCUT2D eigenvalue weighted by Crippen LogP contribution is 2.14. The first-order chi connectivity index (χ1) is 10.5. The van der Waals surface area contributed by atoms with E-state index in [0.717, 1.165) is 11.8 Å². The minimum Gasteiger partial charge on any atom is -0.463 e. The van der Waals surface area contributed by atoms with Crippen LogP contribution in [0.5, 0.6) is 0 Å². The van der Waals surface area contributed by atoms with Crippen LogP contribution in [-0.4, -0.2) is 42.1 Å². The van der Waals surface area contributed by atoms with Gasteiger partial charge < -0.3 is 14.8 Å². The Balaban J connectivity index is 1.65. The Hall–Kier alpha value is -1.73. The third kappa shape index (κ3) is 5.23. The Labute approximate surface area is 136 Å². The largest absolute Gasteiger partial charge is 0.463 e. The van der Waals surface area contributed by atoms with Crippen LogP contribution in [0.25, 0.3) is 0 Å². The maximum absolute atomic E-state index is 11.7. The number of cyclic esters (lactones) is 1. The van der Waals surface area contributed by atoms with E-state index in [1.807, 2.05) is 0 Å². The molecule has 1 heterocycles. The number of esters is 2. The number of benzene rings is 1. The zero-order valence-corrected chi connectivity index (χ0v) is 13.1. The van der Waals surface area contributed by atoms with Crippen LogP contribution in [0.1, 0.15) is 6.42 Å². The molecule has 1 atom stereocenters. The number of amides is 1. The van der Waals surface area contributed by atoms with E-state index in [4.69, 9.17) is 16.3 Å². The monoisotopic (exact) mass is 343 g/mol. The molecule has 8 heteroatoms. The van der Waals surface area contributed by atoms with Gasteiger partial charge in [0.15, 0.2) is 0 Å². The van der Waals surface area contributed by atoms with E-state index in [1.165, 1.54) is 0 Å². The topological polar surface area (TPSA) is 81.7 Å². The average molecular weight is 344 g/mol. The lowest BCUT2D eigenvalue weighted by molar-refractivity contribution is -0.158. The molecule has 0 aromatic heterocycles. The van der Waals surface area contributed by atoms with Gasteiger partial charge in [-0.05, 0) is 24.3 Å². The summed E-state index contributed by atoms with van der Waals surface area (Å²) < 4.78 is 9.64. The van der Waals surface area contributed by atoms with Crippen molar-refractivity contribution in [1.29, 1.82) is 0 Å². The fraction of sp³-hybridized carbons (Fsp3) is 0.357. The highest BCUT2D eigenvalue weighted by molar-refractivity contribution is 8.00. The first-order valence-electron chi connectivity index (χ1n) is 6.54. The van der Waals surface area contributed by atoms with Gasteiger partial charge in [-0.2, -0.15) is 0 Å². The van der Waals surface area contributed by atoms with Gasteiger partial charge in [0.1, 0.15) is 0 Å². The molecular weight excluding hydrogens is 330 g/mol. The van der Waals surface area contributed by atoms with Crippen molar-refractivity contribution in [3.05, 3.63) is 29.3 Å². The van der Waals surface area contributed by atoms with E-state index < -0.39 is 18.0 Å². The van der Waals surface area contributed by atoms with E-state index in [9.17, 15) is 14.4 Å². The quantitative estimate of drug-likeness (QED) is 0.794. The fourth-order valence-electron chi connectivity index (χ4n) is 1.73. The van der Waals surface area contributed by atoms with E-state index in [2.05, 4.69) is 10.1 Å². The zero-order valence-electron chi connectivity index (χ0n) is 11.5. The minimum atomic E-state index is -0.809. The van der Waals surface area contributed by atoms with Crippen LogP contribution in [0.15, 0.2) is 24.3 Å². The highest BCUT2D eigenvalue weighted by Gasteiger charge is 2.29. The number of rotatable bonds is 6. The number of anilines is 1. The lowest BCUT2D eigenvalue weighted by Gasteiger charge is -2.08. The Bertz CT molecular complexity index is 563. The number of halogens is 1. The Morgan fingerprint density at radius 3 is 2.68 bits per heavy atom. The third-order valence-corrected chi connectivity index (χ3v) is 3.90. The lowest BCUT2D eigenvalue weighted by atomic mass is 10.3. The van der Waals surface area contributed by atoms with Gasteiger partial charge in [0, 0.05) is 17.1 Å². The zero-order chi connectivity index (χ0) is 15.9. The van der Waals surface area contributed by atoms with Gasteiger partial charge >= 0.3 is 11.9 Å². The molecule has 1 aromatic carbocycles. The third-order valence-electron chi connectivity index (χ3n) is 2.74. The Morgan fingerprint density at radius 1 is 1.32 bits per heavy atom. The number of hydrogen-bond acceptors (Lipinski definition) is 6. The summed E-state index contributed by atoms with van der Waals surface area (Å²) in [4.78, 5) is 34.3. The molecular formula is C14H14ClNO5S. The first-order valence-corrected chi connectivity index (χ1v) is 8.07. The second kappa shape index (κ2) is 8.05. The number of ether oxygens (including phenoxy) is 2. The average Bonchev–Trinajstić information content (AvgIpc) is 2.87. The van der Waals surface area contributed by atoms with Crippen molar-refractivity contribution in [1.82, 2.24) is 0 Å². The van der Waals surface area contributed by atoms with Gasteiger partial charge in [-0.15, -0.1) is 11.8 Å². The summed E-state index contributed by atoms with van der Waals surface area (Å²) in [6.45, 7) is 0.271. The molecule has 1 aromatic rings. The van der Waals surface area contributed by atoms with Crippen molar-refractivity contribution in [3.8, 4) is 0 Å². The van der Waals surface area contributed by atoms with E-state index in [-0.39, 0.29) is 24.0 Å². The molecule has 1 aliphatic rings. The summed E-state index contributed by atoms with van der Waals surface area (Å²) in [5.74, 6) is -1.18. The normalized spacial score (nSPS) is 17.0. The molecule has 1 amide bonds. The highest BCUT2D eigenvalue weighted by atomic mass is 35.5. The van der Waals surface area contributed by atoms with E-state index in [0.29, 0.717) is 17.1 Å². The predicted molar refractivity (Wildman–Crippen MR) is 82.9 cm³/mol. The number of thioether (sulfide) groups is 1. The molecule has 0 aliphatic carbocycles. The van der Waals surface area contributed by atoms with E-state index in [1.54, 1.807) is 24.3 Å². The van der Waals surface area contributed by atoms with Crippen LogP contribution in [0.3, 0.4) is 0 Å². The number of carbonyl (C=O) groups excluding carboxylic acids is 3. The van der Waals surface area contributed by atoms with Gasteiger partial charge in [-0.3, -0.25) is 9.59 Å². The predicted octanol–water partition coefficient (Wildman–Crippen LogP) is 1.87. The summed E-state index contributed by atoms with van der Waals surface area (Å²) >= 11 is 6.86. The Morgan fingerprint density at radius 2 is 2.05 bits per heavy atom. The van der Waals surface area contributed by atoms with Crippen LogP contribution >= 0.6 is 23.4 Å². The SMILES string of the molecule is O=C(CSCC(=O)O[C@H]1CCOC1=O)Nc1ccc(Cl)cc1. The van der Waals surface area contributed by atoms with Crippen molar-refractivity contribution < 1.29 is 23.9 Å². The molecule has 22 heavy (non-hydrogen) atoms. The molecule has 0 spiro atoms. The molecule has 1 aliphatic heterocycles. The minimum absolute atomic E-state index is 0.00216. The Kier molecular flexibility index (Phi) is 6.09. The van der Waals surface area contributed by atoms with Crippen molar-refractivity contribution in [2.75, 3.05) is 23.4 Å². The fourth-order valence-corrected chi connectivity index (χ4v) is 2.45. The van der Waals surface area contributed by atoms with Crippen LogP contribution < -0.4 is 5.32 Å². The first kappa shape index (κ1) is 16.6. The summed E-state index contributed by atoms with van der Waals surface area (Å²) in [5, 5.41) is 3.26. The lowest BCUT2D eigenvalue weighted by Crippen LogP contribution is -2.24. The second-order valence-corrected chi connectivity index (χ2v) is 5.90. The van der Waals surface area contributed by atoms with Gasteiger partial charge in [0.05, 0.1) is 18.1 Å². The summed E-state index contributed by atoms with van der Waals surface area (Å²) in [7, 11) is 0. The maximum Gasteiger partial charge on any atom is 0.347 e. The smallest absolute Gasteiger partial charge is 0.347 e. The van der Waals surface area contributed by atoms with Crippen LogP contribution in [-0.2, 0) is 23.9 Å². The molecule has 0 bridgehead atoms. The number of carbonyl (C=O) groups is 3. The standard InChI is InChI=1S/C14H14ClNO5S/c15-9-1-3-10(4-2-9)16-12(17)7-22-8-13(18)21-11-5-6-20-14(11)19/h1-4,11H,5-8H2,(H,16,17)/t11-/m0/s1. The van der Waals surface area contributed by atoms with Gasteiger partial charge in [-0.25, -0.2) is 4.79 Å². The van der Waals surface area contributed by atoms with Crippen LogP contribution in [0.2, 0.25) is 5.02 Å². The molecule has 1 fully saturated rings. The molecule has 118 valence electrons. The summed E-state index contributed by atoms with van der Waals surface area (Å²) in [5.41, 5.74) is 0.631. The number of nitrogens with one attached hydrogen (secondary N) is 1. The van der Waals surface area contributed by atoms with Crippen molar-refractivity contribution >= 4 is 46.9 Å². The van der Waals surface area contributed by atoms with Crippen LogP contribution in [0, 0.1) is 0 Å². The van der Waals surface area contributed by atoms with Gasteiger partial charge in [0.2, 0.25) is 12.0 Å². The number of hydrogen-bond donors (Lipinski definition) is 1. The molecule has 1 saturated heterocycles. The molecule has 1 N–H and O–H groups in total. The molecule has 6 nitrogen and oxygen atoms in total. The molecule has 0 saturated carbocycles. The van der Waals surface area contributed by atoms with Gasteiger partial charge in [-0.1, -0.05) is 11.6 Å². The molecule has 0 radical (unpaired) electrons. The molecule has 2 rings (SSSR count). The van der Waals surface area contributed by atoms with Crippen LogP contribution in [0.4, 0.5) is 5.69 Å². The summed E-state index contributed by atoms with van der Waals surface area (Å²) in [6, 6.07) is 6.71. The van der Waals surface area contributed by atoms with Crippen molar-refractivity contribution in [3.63, 3.8) is 0 Å². The maximum atomic E-state index is 11.7. The van der Waals surface area contributed by atoms with Crippen molar-refractivity contribution in [2.24, 2.45) is 0 Å².